The van der Waals surface area contributed by atoms with Crippen LogP contribution in [-0.4, -0.2) is 87.2 Å². The normalized spacial score (nSPS) is 19.3. The summed E-state index contributed by atoms with van der Waals surface area (Å²) in [5, 5.41) is 3.66. The van der Waals surface area contributed by atoms with Crippen LogP contribution in [0.2, 0.25) is 0 Å². The van der Waals surface area contributed by atoms with Gasteiger partial charge in [0, 0.05) is 45.3 Å². The maximum Gasteiger partial charge on any atom is 0.0110 e. The molecule has 1 atom stereocenters. The third-order valence-electron chi connectivity index (χ3n) is 4.53. The van der Waals surface area contributed by atoms with Gasteiger partial charge < -0.3 is 15.1 Å². The molecule has 0 aromatic rings. The molecule has 1 unspecified atom stereocenters. The van der Waals surface area contributed by atoms with Crippen molar-refractivity contribution < 1.29 is 0 Å². The Kier molecular flexibility index (Phi) is 10.3. The van der Waals surface area contributed by atoms with Gasteiger partial charge in [0.15, 0.2) is 0 Å². The predicted octanol–water partition coefficient (Wildman–Crippen LogP) is 1.72. The van der Waals surface area contributed by atoms with E-state index in [9.17, 15) is 0 Å². The largest absolute Gasteiger partial charge is 0.314 e. The van der Waals surface area contributed by atoms with Gasteiger partial charge >= 0.3 is 0 Å². The molecular weight excluding hydrogens is 260 g/mol. The van der Waals surface area contributed by atoms with E-state index < -0.39 is 0 Å². The second-order valence-corrected chi connectivity index (χ2v) is 6.69. The van der Waals surface area contributed by atoms with Gasteiger partial charge in [-0.25, -0.2) is 0 Å². The number of nitrogens with zero attached hydrogens (tertiary/aromatic N) is 3. The summed E-state index contributed by atoms with van der Waals surface area (Å²) in [5.74, 6) is 0. The summed E-state index contributed by atoms with van der Waals surface area (Å²) in [6.45, 7) is 14.4. The molecule has 0 radical (unpaired) electrons. The lowest BCUT2D eigenvalue weighted by molar-refractivity contribution is 0.123. The zero-order chi connectivity index (χ0) is 15.5. The molecule has 0 spiro atoms. The maximum absolute atomic E-state index is 3.66. The van der Waals surface area contributed by atoms with Gasteiger partial charge in [-0.3, -0.25) is 4.90 Å². The molecule has 0 aromatic heterocycles. The van der Waals surface area contributed by atoms with Crippen molar-refractivity contribution >= 4 is 0 Å². The third kappa shape index (κ3) is 8.77. The van der Waals surface area contributed by atoms with Crippen LogP contribution in [0.3, 0.4) is 0 Å². The van der Waals surface area contributed by atoms with E-state index in [0.717, 1.165) is 6.04 Å². The van der Waals surface area contributed by atoms with E-state index in [-0.39, 0.29) is 0 Å². The van der Waals surface area contributed by atoms with Crippen molar-refractivity contribution in [2.75, 3.05) is 66.5 Å². The molecule has 1 fully saturated rings. The first kappa shape index (κ1) is 18.9. The average Bonchev–Trinajstić information content (AvgIpc) is 2.49. The Labute approximate surface area is 132 Å². The highest BCUT2D eigenvalue weighted by atomic mass is 15.3. The molecule has 1 saturated heterocycles. The molecule has 0 saturated carbocycles. The van der Waals surface area contributed by atoms with Crippen molar-refractivity contribution in [1.29, 1.82) is 0 Å². The predicted molar refractivity (Wildman–Crippen MR) is 93.0 cm³/mol. The van der Waals surface area contributed by atoms with E-state index >= 15 is 0 Å². The van der Waals surface area contributed by atoms with Gasteiger partial charge in [0.1, 0.15) is 0 Å². The number of rotatable bonds is 11. The summed E-state index contributed by atoms with van der Waals surface area (Å²) >= 11 is 0. The van der Waals surface area contributed by atoms with E-state index in [4.69, 9.17) is 0 Å². The number of hydrogen-bond donors (Lipinski definition) is 1. The Morgan fingerprint density at radius 1 is 1.00 bits per heavy atom. The highest BCUT2D eigenvalue weighted by molar-refractivity contribution is 4.73. The third-order valence-corrected chi connectivity index (χ3v) is 4.53. The molecule has 0 aliphatic carbocycles. The smallest absolute Gasteiger partial charge is 0.0110 e. The van der Waals surface area contributed by atoms with Crippen LogP contribution >= 0.6 is 0 Å². The lowest BCUT2D eigenvalue weighted by atomic mass is 10.1. The fourth-order valence-electron chi connectivity index (χ4n) is 2.94. The zero-order valence-corrected chi connectivity index (χ0v) is 14.9. The van der Waals surface area contributed by atoms with Crippen molar-refractivity contribution in [3.8, 4) is 0 Å². The minimum Gasteiger partial charge on any atom is -0.314 e. The molecule has 4 heteroatoms. The van der Waals surface area contributed by atoms with Crippen LogP contribution in [0.4, 0.5) is 0 Å². The first-order valence-electron chi connectivity index (χ1n) is 8.98. The Morgan fingerprint density at radius 2 is 1.62 bits per heavy atom. The molecule has 21 heavy (non-hydrogen) atoms. The maximum atomic E-state index is 3.66. The Bertz CT molecular complexity index is 237. The Balaban J connectivity index is 2.07. The molecule has 0 aromatic carbocycles. The lowest BCUT2D eigenvalue weighted by Crippen LogP contribution is -2.48. The number of likely N-dealkylation sites (N-methyl/N-ethyl adjacent to an activating group) is 1. The summed E-state index contributed by atoms with van der Waals surface area (Å²) in [7, 11) is 4.32. The standard InChI is InChI=1S/C17H38N4/c1-5-9-18-17(6-2)8-7-10-20-13-15-21(16-14-20)12-11-19(3)4/h17-18H,5-16H2,1-4H3. The van der Waals surface area contributed by atoms with Crippen LogP contribution in [0.5, 0.6) is 0 Å². The molecular formula is C17H38N4. The summed E-state index contributed by atoms with van der Waals surface area (Å²) in [6.07, 6.45) is 5.17. The van der Waals surface area contributed by atoms with Crippen LogP contribution in [-0.2, 0) is 0 Å². The van der Waals surface area contributed by atoms with Gasteiger partial charge in [0.05, 0.1) is 0 Å². The van der Waals surface area contributed by atoms with Crippen molar-refractivity contribution in [3.63, 3.8) is 0 Å². The first-order chi connectivity index (χ1) is 10.2. The van der Waals surface area contributed by atoms with Gasteiger partial charge in [-0.1, -0.05) is 13.8 Å². The molecule has 0 bridgehead atoms. The molecule has 1 aliphatic rings. The molecule has 1 aliphatic heterocycles. The van der Waals surface area contributed by atoms with Crippen molar-refractivity contribution in [2.45, 2.75) is 45.6 Å². The fourth-order valence-corrected chi connectivity index (χ4v) is 2.94. The molecule has 1 heterocycles. The topological polar surface area (TPSA) is 21.8 Å². The summed E-state index contributed by atoms with van der Waals surface area (Å²) in [5.41, 5.74) is 0. The van der Waals surface area contributed by atoms with E-state index in [1.54, 1.807) is 0 Å². The highest BCUT2D eigenvalue weighted by Gasteiger charge is 2.16. The minimum atomic E-state index is 0.728. The summed E-state index contributed by atoms with van der Waals surface area (Å²) in [6, 6.07) is 0.728. The minimum absolute atomic E-state index is 0.728. The van der Waals surface area contributed by atoms with Crippen LogP contribution in [0, 0.1) is 0 Å². The molecule has 1 N–H and O–H groups in total. The van der Waals surface area contributed by atoms with E-state index in [1.807, 2.05) is 0 Å². The van der Waals surface area contributed by atoms with Crippen LogP contribution in [0.1, 0.15) is 39.5 Å². The summed E-state index contributed by atoms with van der Waals surface area (Å²) < 4.78 is 0. The van der Waals surface area contributed by atoms with Gasteiger partial charge in [0.25, 0.3) is 0 Å². The van der Waals surface area contributed by atoms with Crippen LogP contribution < -0.4 is 5.32 Å². The summed E-state index contributed by atoms with van der Waals surface area (Å²) in [4.78, 5) is 7.54. The van der Waals surface area contributed by atoms with Crippen LogP contribution in [0.25, 0.3) is 0 Å². The van der Waals surface area contributed by atoms with Crippen LogP contribution in [0.15, 0.2) is 0 Å². The second kappa shape index (κ2) is 11.4. The molecule has 1 rings (SSSR count). The first-order valence-corrected chi connectivity index (χ1v) is 8.98. The monoisotopic (exact) mass is 298 g/mol. The van der Waals surface area contributed by atoms with E-state index in [1.165, 1.54) is 78.0 Å². The van der Waals surface area contributed by atoms with Gasteiger partial charge in [-0.15, -0.1) is 0 Å². The van der Waals surface area contributed by atoms with Gasteiger partial charge in [-0.05, 0) is 52.9 Å². The van der Waals surface area contributed by atoms with Crippen molar-refractivity contribution in [3.05, 3.63) is 0 Å². The average molecular weight is 299 g/mol. The van der Waals surface area contributed by atoms with Crippen molar-refractivity contribution in [1.82, 2.24) is 20.0 Å². The van der Waals surface area contributed by atoms with Gasteiger partial charge in [-0.2, -0.15) is 0 Å². The molecule has 4 nitrogen and oxygen atoms in total. The van der Waals surface area contributed by atoms with Crippen molar-refractivity contribution in [2.24, 2.45) is 0 Å². The lowest BCUT2D eigenvalue weighted by Gasteiger charge is -2.35. The SMILES string of the molecule is CCCNC(CC)CCCN1CCN(CCN(C)C)CC1. The number of hydrogen-bond acceptors (Lipinski definition) is 4. The van der Waals surface area contributed by atoms with Gasteiger partial charge in [0.2, 0.25) is 0 Å². The molecule has 126 valence electrons. The molecule has 0 amide bonds. The Hall–Kier alpha value is -0.160. The Morgan fingerprint density at radius 3 is 2.14 bits per heavy atom. The fraction of sp³-hybridized carbons (Fsp3) is 1.00. The highest BCUT2D eigenvalue weighted by Crippen LogP contribution is 2.07. The quantitative estimate of drug-likeness (QED) is 0.627. The second-order valence-electron chi connectivity index (χ2n) is 6.69. The number of nitrogens with one attached hydrogen (secondary N) is 1. The zero-order valence-electron chi connectivity index (χ0n) is 14.9. The van der Waals surface area contributed by atoms with E-state index in [0.29, 0.717) is 0 Å². The number of piperazine rings is 1. The van der Waals surface area contributed by atoms with E-state index in [2.05, 4.69) is 48.0 Å².